The lowest BCUT2D eigenvalue weighted by atomic mass is 10.1. The fraction of sp³-hybridized carbons (Fsp3) is 0.160. The summed E-state index contributed by atoms with van der Waals surface area (Å²) < 4.78 is 5.48. The van der Waals surface area contributed by atoms with Crippen molar-refractivity contribution in [1.82, 2.24) is 9.97 Å². The average molecular weight is 482 g/mol. The molecular weight excluding hydrogens is 461 g/mol. The van der Waals surface area contributed by atoms with Crippen molar-refractivity contribution in [2.75, 3.05) is 5.32 Å². The Hall–Kier alpha value is -3.35. The van der Waals surface area contributed by atoms with Gasteiger partial charge in [0, 0.05) is 11.3 Å². The van der Waals surface area contributed by atoms with E-state index in [-0.39, 0.29) is 0 Å². The summed E-state index contributed by atoms with van der Waals surface area (Å²) in [7, 11) is 0. The number of carbonyl (C=O) groups excluding carboxylic acids is 2. The van der Waals surface area contributed by atoms with Crippen LogP contribution in [0, 0.1) is 6.92 Å². The number of fused-ring (bicyclic) bond motifs is 1. The lowest BCUT2D eigenvalue weighted by molar-refractivity contribution is -0.124. The van der Waals surface area contributed by atoms with Gasteiger partial charge in [0.15, 0.2) is 6.10 Å². The molecule has 0 aliphatic rings. The number of ether oxygens (including phenoxy) is 1. The van der Waals surface area contributed by atoms with Gasteiger partial charge in [-0.2, -0.15) is 0 Å². The maximum Gasteiger partial charge on any atom is 0.338 e. The number of aryl methyl sites for hydroxylation is 1. The second-order valence-electron chi connectivity index (χ2n) is 7.60. The largest absolute Gasteiger partial charge is 0.449 e. The first-order valence-electron chi connectivity index (χ1n) is 10.4. The van der Waals surface area contributed by atoms with Crippen LogP contribution in [-0.2, 0) is 9.53 Å². The van der Waals surface area contributed by atoms with E-state index in [9.17, 15) is 9.59 Å². The number of aromatic nitrogens is 2. The van der Waals surface area contributed by atoms with Crippen LogP contribution in [0.3, 0.4) is 0 Å². The smallest absolute Gasteiger partial charge is 0.338 e. The lowest BCUT2D eigenvalue weighted by Gasteiger charge is -2.16. The first-order valence-corrected chi connectivity index (χ1v) is 11.1. The normalized spacial score (nSPS) is 11.9. The van der Waals surface area contributed by atoms with Gasteiger partial charge in [0.25, 0.3) is 5.91 Å². The minimum atomic E-state index is -0.965. The monoisotopic (exact) mass is 481 g/mol. The Morgan fingerprint density at radius 2 is 1.79 bits per heavy atom. The van der Waals surface area contributed by atoms with Gasteiger partial charge in [0.2, 0.25) is 0 Å². The van der Waals surface area contributed by atoms with Gasteiger partial charge in [-0.3, -0.25) is 4.79 Å². The molecule has 0 saturated carbocycles. The number of rotatable bonds is 6. The molecule has 1 unspecified atom stereocenters. The van der Waals surface area contributed by atoms with Crippen molar-refractivity contribution in [2.45, 2.75) is 26.4 Å². The summed E-state index contributed by atoms with van der Waals surface area (Å²) in [6, 6.07) is 17.8. The minimum absolute atomic E-state index is 0.308. The van der Waals surface area contributed by atoms with Crippen molar-refractivity contribution in [1.29, 1.82) is 0 Å². The quantitative estimate of drug-likeness (QED) is 0.311. The highest BCUT2D eigenvalue weighted by atomic mass is 35.5. The number of hydrogen-bond acceptors (Lipinski definition) is 4. The summed E-state index contributed by atoms with van der Waals surface area (Å²) in [5.74, 6) is -0.337. The Kier molecular flexibility index (Phi) is 6.67. The second-order valence-corrected chi connectivity index (χ2v) is 8.42. The van der Waals surface area contributed by atoms with E-state index < -0.39 is 18.0 Å². The summed E-state index contributed by atoms with van der Waals surface area (Å²) in [4.78, 5) is 33.2. The van der Waals surface area contributed by atoms with Gasteiger partial charge in [0.1, 0.15) is 5.82 Å². The van der Waals surface area contributed by atoms with Crippen molar-refractivity contribution in [3.63, 3.8) is 0 Å². The average Bonchev–Trinajstić information content (AvgIpc) is 3.23. The summed E-state index contributed by atoms with van der Waals surface area (Å²) in [5.41, 5.74) is 4.33. The highest BCUT2D eigenvalue weighted by Crippen LogP contribution is 2.26. The molecular formula is C25H21Cl2N3O3. The number of nitrogens with one attached hydrogen (secondary N) is 2. The van der Waals surface area contributed by atoms with Crippen LogP contribution in [0.15, 0.2) is 60.7 Å². The number of esters is 1. The predicted molar refractivity (Wildman–Crippen MR) is 131 cm³/mol. The van der Waals surface area contributed by atoms with Gasteiger partial charge in [-0.15, -0.1) is 0 Å². The van der Waals surface area contributed by atoms with Gasteiger partial charge in [-0.1, -0.05) is 60.0 Å². The molecule has 8 heteroatoms. The molecule has 4 rings (SSSR count). The summed E-state index contributed by atoms with van der Waals surface area (Å²) in [6.45, 7) is 3.78. The second kappa shape index (κ2) is 9.65. The van der Waals surface area contributed by atoms with Crippen molar-refractivity contribution in [2.24, 2.45) is 0 Å². The number of nitrogens with zero attached hydrogens (tertiary/aromatic N) is 1. The predicted octanol–water partition coefficient (Wildman–Crippen LogP) is 6.42. The van der Waals surface area contributed by atoms with E-state index in [1.807, 2.05) is 31.2 Å². The van der Waals surface area contributed by atoms with E-state index >= 15 is 0 Å². The fourth-order valence-corrected chi connectivity index (χ4v) is 3.60. The Labute approximate surface area is 200 Å². The third kappa shape index (κ3) is 5.18. The van der Waals surface area contributed by atoms with Crippen molar-refractivity contribution in [3.05, 3.63) is 81.8 Å². The zero-order valence-electron chi connectivity index (χ0n) is 18.0. The summed E-state index contributed by atoms with van der Waals surface area (Å²) in [6.07, 6.45) is -0.657. The molecule has 2 N–H and O–H groups in total. The minimum Gasteiger partial charge on any atom is -0.449 e. The van der Waals surface area contributed by atoms with Crippen molar-refractivity contribution < 1.29 is 14.3 Å². The zero-order chi connectivity index (χ0) is 23.5. The maximum atomic E-state index is 12.8. The standard InChI is InChI=1S/C25H21Cl2N3O3/c1-3-22(24(31)28-17-9-10-18(26)19(27)13-17)33-25(32)16-8-11-20-21(12-16)30-23(29-20)15-6-4-14(2)5-7-15/h4-13,22H,3H2,1-2H3,(H,28,31)(H,29,30). The Balaban J connectivity index is 1.48. The molecule has 0 fully saturated rings. The number of amides is 1. The van der Waals surface area contributed by atoms with Crippen LogP contribution in [0.4, 0.5) is 5.69 Å². The van der Waals surface area contributed by atoms with E-state index in [0.29, 0.717) is 39.1 Å². The summed E-state index contributed by atoms with van der Waals surface area (Å²) >= 11 is 11.9. The zero-order valence-corrected chi connectivity index (χ0v) is 19.5. The van der Waals surface area contributed by atoms with Crippen molar-refractivity contribution in [3.8, 4) is 11.4 Å². The number of H-pyrrole nitrogens is 1. The van der Waals surface area contributed by atoms with Crippen LogP contribution >= 0.6 is 23.2 Å². The van der Waals surface area contributed by atoms with Crippen molar-refractivity contribution >= 4 is 51.8 Å². The highest BCUT2D eigenvalue weighted by Gasteiger charge is 2.23. The molecule has 3 aromatic carbocycles. The van der Waals surface area contributed by atoms with Gasteiger partial charge >= 0.3 is 5.97 Å². The van der Waals surface area contributed by atoms with Gasteiger partial charge < -0.3 is 15.0 Å². The Bertz CT molecular complexity index is 1330. The Morgan fingerprint density at radius 3 is 2.48 bits per heavy atom. The Morgan fingerprint density at radius 1 is 1.03 bits per heavy atom. The number of carbonyl (C=O) groups is 2. The van der Waals surface area contributed by atoms with Crippen LogP contribution in [0.5, 0.6) is 0 Å². The molecule has 0 radical (unpaired) electrons. The van der Waals surface area contributed by atoms with Crippen LogP contribution in [0.25, 0.3) is 22.4 Å². The third-order valence-corrected chi connectivity index (χ3v) is 5.88. The molecule has 0 saturated heterocycles. The molecule has 0 aliphatic carbocycles. The lowest BCUT2D eigenvalue weighted by Crippen LogP contribution is -2.32. The first-order chi connectivity index (χ1) is 15.8. The molecule has 1 heterocycles. The van der Waals surface area contributed by atoms with E-state index in [0.717, 1.165) is 16.6 Å². The fourth-order valence-electron chi connectivity index (χ4n) is 3.30. The SMILES string of the molecule is CCC(OC(=O)c1ccc2nc(-c3ccc(C)cc3)[nH]c2c1)C(=O)Nc1ccc(Cl)c(Cl)c1. The number of imidazole rings is 1. The van der Waals surface area contributed by atoms with E-state index in [4.69, 9.17) is 27.9 Å². The molecule has 1 amide bonds. The first kappa shape index (κ1) is 22.8. The van der Waals surface area contributed by atoms with E-state index in [2.05, 4.69) is 15.3 Å². The summed E-state index contributed by atoms with van der Waals surface area (Å²) in [5, 5.41) is 3.40. The number of halogens is 2. The maximum absolute atomic E-state index is 12.8. The molecule has 0 spiro atoms. The van der Waals surface area contributed by atoms with Gasteiger partial charge in [-0.25, -0.2) is 9.78 Å². The molecule has 4 aromatic rings. The van der Waals surface area contributed by atoms with Crippen LogP contribution in [0.1, 0.15) is 29.3 Å². The number of anilines is 1. The number of hydrogen-bond donors (Lipinski definition) is 2. The third-order valence-electron chi connectivity index (χ3n) is 5.14. The highest BCUT2D eigenvalue weighted by molar-refractivity contribution is 6.42. The van der Waals surface area contributed by atoms with E-state index in [1.54, 1.807) is 37.3 Å². The molecule has 6 nitrogen and oxygen atoms in total. The van der Waals surface area contributed by atoms with E-state index in [1.165, 1.54) is 6.07 Å². The van der Waals surface area contributed by atoms with Gasteiger partial charge in [0.05, 0.1) is 26.6 Å². The number of benzene rings is 3. The molecule has 0 aliphatic heterocycles. The molecule has 33 heavy (non-hydrogen) atoms. The molecule has 168 valence electrons. The topological polar surface area (TPSA) is 84.1 Å². The molecule has 0 bridgehead atoms. The number of aromatic amines is 1. The van der Waals surface area contributed by atoms with Crippen LogP contribution < -0.4 is 5.32 Å². The van der Waals surface area contributed by atoms with Crippen LogP contribution in [-0.4, -0.2) is 27.9 Å². The molecule has 1 atom stereocenters. The van der Waals surface area contributed by atoms with Crippen LogP contribution in [0.2, 0.25) is 10.0 Å². The molecule has 1 aromatic heterocycles. The van der Waals surface area contributed by atoms with Gasteiger partial charge in [-0.05, 0) is 49.7 Å².